The van der Waals surface area contributed by atoms with Crippen LogP contribution in [-0.2, 0) is 14.4 Å². The van der Waals surface area contributed by atoms with E-state index in [1.165, 1.54) is 12.1 Å². The van der Waals surface area contributed by atoms with Gasteiger partial charge in [-0.25, -0.2) is 9.59 Å². The molecule has 0 unspecified atom stereocenters. The molecule has 1 aromatic carbocycles. The van der Waals surface area contributed by atoms with Crippen LogP contribution in [0.5, 0.6) is 0 Å². The number of hydrogen-bond acceptors (Lipinski definition) is 6. The molecule has 1 atom stereocenters. The van der Waals surface area contributed by atoms with Crippen LogP contribution < -0.4 is 5.32 Å². The van der Waals surface area contributed by atoms with Crippen LogP contribution in [0.15, 0.2) is 24.3 Å². The molecule has 0 radical (unpaired) electrons. The van der Waals surface area contributed by atoms with Gasteiger partial charge >= 0.3 is 12.1 Å². The van der Waals surface area contributed by atoms with Gasteiger partial charge in [0.1, 0.15) is 5.60 Å². The second kappa shape index (κ2) is 8.20. The minimum absolute atomic E-state index is 0.187. The highest BCUT2D eigenvalue weighted by Gasteiger charge is 2.38. The molecule has 0 fully saturated rings. The predicted molar refractivity (Wildman–Crippen MR) is 95.7 cm³/mol. The molecule has 1 heterocycles. The highest BCUT2D eigenvalue weighted by atomic mass is 16.7. The SMILES string of the molecule is CCC[C@@H](CC(=O)ON1C(=O)c2ccccc2C1=O)NC(=O)OC(C)(C)C. The molecule has 8 heteroatoms. The summed E-state index contributed by atoms with van der Waals surface area (Å²) >= 11 is 0. The Hall–Kier alpha value is -2.90. The van der Waals surface area contributed by atoms with Gasteiger partial charge in [0, 0.05) is 6.04 Å². The maximum absolute atomic E-state index is 12.2. The number of nitrogens with zero attached hydrogens (tertiary/aromatic N) is 1. The van der Waals surface area contributed by atoms with Crippen molar-refractivity contribution in [1.29, 1.82) is 0 Å². The Kier molecular flexibility index (Phi) is 6.20. The highest BCUT2D eigenvalue weighted by molar-refractivity contribution is 6.20. The summed E-state index contributed by atoms with van der Waals surface area (Å²) in [6.07, 6.45) is 0.382. The Morgan fingerprint density at radius 1 is 1.11 bits per heavy atom. The smallest absolute Gasteiger partial charge is 0.407 e. The largest absolute Gasteiger partial charge is 0.444 e. The molecular formula is C19H24N2O6. The van der Waals surface area contributed by atoms with Crippen LogP contribution in [0.2, 0.25) is 0 Å². The molecule has 8 nitrogen and oxygen atoms in total. The number of rotatable bonds is 6. The summed E-state index contributed by atoms with van der Waals surface area (Å²) in [5.41, 5.74) is -0.291. The van der Waals surface area contributed by atoms with E-state index in [1.807, 2.05) is 6.92 Å². The standard InChI is InChI=1S/C19H24N2O6/c1-5-8-12(20-18(25)26-19(2,3)4)11-15(22)27-21-16(23)13-9-6-7-10-14(13)17(21)24/h6-7,9-10,12H,5,8,11H2,1-4H3,(H,20,25)/t12-/m0/s1. The van der Waals surface area contributed by atoms with Crippen molar-refractivity contribution in [3.8, 4) is 0 Å². The molecular weight excluding hydrogens is 352 g/mol. The fourth-order valence-corrected chi connectivity index (χ4v) is 2.64. The highest BCUT2D eigenvalue weighted by Crippen LogP contribution is 2.23. The van der Waals surface area contributed by atoms with Gasteiger partial charge in [-0.1, -0.05) is 30.5 Å². The number of nitrogens with one attached hydrogen (secondary N) is 1. The minimum atomic E-state index is -0.793. The predicted octanol–water partition coefficient (Wildman–Crippen LogP) is 2.82. The molecule has 0 saturated carbocycles. The van der Waals surface area contributed by atoms with Crippen LogP contribution in [0.25, 0.3) is 0 Å². The second-order valence-corrected chi connectivity index (χ2v) is 7.25. The molecule has 0 spiro atoms. The summed E-state index contributed by atoms with van der Waals surface area (Å²) in [6.45, 7) is 7.10. The Morgan fingerprint density at radius 3 is 2.15 bits per heavy atom. The molecule has 146 valence electrons. The van der Waals surface area contributed by atoms with Gasteiger partial charge in [-0.15, -0.1) is 0 Å². The molecule has 1 aromatic rings. The fourth-order valence-electron chi connectivity index (χ4n) is 2.64. The van der Waals surface area contributed by atoms with E-state index >= 15 is 0 Å². The molecule has 1 aliphatic rings. The van der Waals surface area contributed by atoms with Gasteiger partial charge in [-0.3, -0.25) is 9.59 Å². The van der Waals surface area contributed by atoms with Gasteiger partial charge in [0.25, 0.3) is 11.8 Å². The normalized spacial score (nSPS) is 14.6. The number of imide groups is 1. The van der Waals surface area contributed by atoms with Gasteiger partial charge in [-0.2, -0.15) is 0 Å². The van der Waals surface area contributed by atoms with Crippen molar-refractivity contribution in [2.75, 3.05) is 0 Å². The molecule has 27 heavy (non-hydrogen) atoms. The Morgan fingerprint density at radius 2 is 1.67 bits per heavy atom. The third-order valence-corrected chi connectivity index (χ3v) is 3.72. The van der Waals surface area contributed by atoms with Crippen LogP contribution in [0.3, 0.4) is 0 Å². The minimum Gasteiger partial charge on any atom is -0.444 e. The quantitative estimate of drug-likeness (QED) is 0.766. The van der Waals surface area contributed by atoms with E-state index in [2.05, 4.69) is 5.32 Å². The number of carbonyl (C=O) groups is 4. The molecule has 0 bridgehead atoms. The van der Waals surface area contributed by atoms with E-state index in [0.29, 0.717) is 17.9 Å². The Labute approximate surface area is 157 Å². The number of ether oxygens (including phenoxy) is 1. The van der Waals surface area contributed by atoms with Crippen LogP contribution in [0, 0.1) is 0 Å². The van der Waals surface area contributed by atoms with Gasteiger partial charge < -0.3 is 14.9 Å². The lowest BCUT2D eigenvalue weighted by atomic mass is 10.1. The summed E-state index contributed by atoms with van der Waals surface area (Å²) in [4.78, 5) is 53.6. The maximum atomic E-state index is 12.2. The number of amides is 3. The lowest BCUT2D eigenvalue weighted by molar-refractivity contribution is -0.169. The average Bonchev–Trinajstić information content (AvgIpc) is 2.79. The number of carbonyl (C=O) groups excluding carboxylic acids is 4. The molecule has 0 aliphatic carbocycles. The molecule has 0 aromatic heterocycles. The zero-order valence-corrected chi connectivity index (χ0v) is 15.9. The maximum Gasteiger partial charge on any atom is 0.407 e. The second-order valence-electron chi connectivity index (χ2n) is 7.25. The Bertz CT molecular complexity index is 718. The van der Waals surface area contributed by atoms with E-state index in [-0.39, 0.29) is 17.5 Å². The van der Waals surface area contributed by atoms with E-state index in [1.54, 1.807) is 32.9 Å². The number of hydroxylamine groups is 2. The molecule has 0 saturated heterocycles. The first-order valence-electron chi connectivity index (χ1n) is 8.80. The Balaban J connectivity index is 1.97. The molecule has 1 N–H and O–H groups in total. The molecule has 1 aliphatic heterocycles. The first kappa shape index (κ1) is 20.4. The molecule has 3 amide bonds. The monoisotopic (exact) mass is 376 g/mol. The van der Waals surface area contributed by atoms with Crippen LogP contribution in [0.4, 0.5) is 4.79 Å². The van der Waals surface area contributed by atoms with Crippen molar-refractivity contribution in [3.63, 3.8) is 0 Å². The van der Waals surface area contributed by atoms with Gasteiger partial charge in [0.15, 0.2) is 0 Å². The van der Waals surface area contributed by atoms with Gasteiger partial charge in [0.2, 0.25) is 0 Å². The van der Waals surface area contributed by atoms with Crippen LogP contribution in [0.1, 0.15) is 67.7 Å². The first-order chi connectivity index (χ1) is 12.6. The summed E-state index contributed by atoms with van der Waals surface area (Å²) in [5.74, 6) is -2.16. The topological polar surface area (TPSA) is 102 Å². The number of alkyl carbamates (subject to hydrolysis) is 1. The summed E-state index contributed by atoms with van der Waals surface area (Å²) in [7, 11) is 0. The first-order valence-corrected chi connectivity index (χ1v) is 8.80. The van der Waals surface area contributed by atoms with Crippen molar-refractivity contribution < 1.29 is 28.8 Å². The van der Waals surface area contributed by atoms with Crippen LogP contribution >= 0.6 is 0 Å². The van der Waals surface area contributed by atoms with E-state index < -0.39 is 35.5 Å². The van der Waals surface area contributed by atoms with Gasteiger partial charge in [0.05, 0.1) is 17.5 Å². The van der Waals surface area contributed by atoms with Crippen LogP contribution in [-0.4, -0.2) is 40.6 Å². The summed E-state index contributed by atoms with van der Waals surface area (Å²) in [6, 6.07) is 5.70. The number of hydrogen-bond donors (Lipinski definition) is 1. The average molecular weight is 376 g/mol. The third-order valence-electron chi connectivity index (χ3n) is 3.72. The molecule has 2 rings (SSSR count). The summed E-state index contributed by atoms with van der Waals surface area (Å²) in [5, 5.41) is 3.08. The number of fused-ring (bicyclic) bond motifs is 1. The van der Waals surface area contributed by atoms with Gasteiger partial charge in [-0.05, 0) is 39.3 Å². The van der Waals surface area contributed by atoms with Crippen molar-refractivity contribution >= 4 is 23.9 Å². The zero-order chi connectivity index (χ0) is 20.2. The summed E-state index contributed by atoms with van der Waals surface area (Å²) < 4.78 is 5.19. The van der Waals surface area contributed by atoms with E-state index in [4.69, 9.17) is 9.57 Å². The lowest BCUT2D eigenvalue weighted by Gasteiger charge is -2.23. The lowest BCUT2D eigenvalue weighted by Crippen LogP contribution is -2.41. The number of benzene rings is 1. The van der Waals surface area contributed by atoms with E-state index in [0.717, 1.165) is 0 Å². The van der Waals surface area contributed by atoms with Crippen molar-refractivity contribution in [1.82, 2.24) is 10.4 Å². The van der Waals surface area contributed by atoms with Crippen molar-refractivity contribution in [2.45, 2.75) is 58.6 Å². The fraction of sp³-hybridized carbons (Fsp3) is 0.474. The van der Waals surface area contributed by atoms with Crippen molar-refractivity contribution in [2.24, 2.45) is 0 Å². The zero-order valence-electron chi connectivity index (χ0n) is 15.9. The third kappa shape index (κ3) is 5.29. The van der Waals surface area contributed by atoms with E-state index in [9.17, 15) is 19.2 Å². The van der Waals surface area contributed by atoms with Crippen molar-refractivity contribution in [3.05, 3.63) is 35.4 Å².